The van der Waals surface area contributed by atoms with Crippen LogP contribution in [0.25, 0.3) is 0 Å². The molecule has 0 aromatic heterocycles. The predicted molar refractivity (Wildman–Crippen MR) is 116 cm³/mol. The van der Waals surface area contributed by atoms with Crippen LogP contribution in [0.5, 0.6) is 11.5 Å². The molecule has 2 aliphatic heterocycles. The van der Waals surface area contributed by atoms with Gasteiger partial charge in [-0.05, 0) is 53.6 Å². The summed E-state index contributed by atoms with van der Waals surface area (Å²) in [5.74, 6) is -1.37. The number of ether oxygens (including phenoxy) is 2. The van der Waals surface area contributed by atoms with Gasteiger partial charge in [0.05, 0.1) is 6.54 Å². The lowest BCUT2D eigenvalue weighted by Crippen LogP contribution is -2.45. The number of imide groups is 1. The molecule has 0 spiro atoms. The molecule has 172 valence electrons. The third kappa shape index (κ3) is 3.55. The van der Waals surface area contributed by atoms with E-state index in [2.05, 4.69) is 5.32 Å². The van der Waals surface area contributed by atoms with Crippen LogP contribution in [0.3, 0.4) is 0 Å². The third-order valence-corrected chi connectivity index (χ3v) is 5.83. The molecular weight excluding hydrogens is 446 g/mol. The number of carbonyl (C=O) groups excluding carboxylic acids is 3. The molecular formula is C25H18F2N2O5. The molecule has 3 amide bonds. The van der Waals surface area contributed by atoms with Gasteiger partial charge in [0.25, 0.3) is 5.91 Å². The first-order valence-electron chi connectivity index (χ1n) is 10.5. The average molecular weight is 464 g/mol. The van der Waals surface area contributed by atoms with E-state index in [9.17, 15) is 23.2 Å². The molecule has 3 aromatic rings. The number of carbonyl (C=O) groups is 3. The van der Waals surface area contributed by atoms with E-state index in [1.165, 1.54) is 36.4 Å². The topological polar surface area (TPSA) is 84.9 Å². The third-order valence-electron chi connectivity index (χ3n) is 5.83. The number of amides is 3. The van der Waals surface area contributed by atoms with Gasteiger partial charge in [0, 0.05) is 5.56 Å². The minimum Gasteiger partial charge on any atom is -0.486 e. The quantitative estimate of drug-likeness (QED) is 0.462. The second-order valence-corrected chi connectivity index (χ2v) is 7.87. The highest BCUT2D eigenvalue weighted by atomic mass is 19.1. The number of fused-ring (bicyclic) bond motifs is 1. The summed E-state index contributed by atoms with van der Waals surface area (Å²) in [6.45, 7) is 0.210. The monoisotopic (exact) mass is 464 g/mol. The van der Waals surface area contributed by atoms with E-state index < -0.39 is 41.4 Å². The minimum atomic E-state index is -1.74. The molecule has 2 heterocycles. The summed E-state index contributed by atoms with van der Waals surface area (Å²) in [4.78, 5) is 40.4. The highest BCUT2D eigenvalue weighted by Gasteiger charge is 2.54. The molecule has 2 aliphatic rings. The molecule has 1 saturated heterocycles. The van der Waals surface area contributed by atoms with Gasteiger partial charge in [0.1, 0.15) is 24.8 Å². The number of urea groups is 1. The maximum absolute atomic E-state index is 13.7. The molecule has 9 heteroatoms. The lowest BCUT2D eigenvalue weighted by molar-refractivity contribution is -0.129. The van der Waals surface area contributed by atoms with Crippen molar-refractivity contribution in [2.24, 2.45) is 0 Å². The Morgan fingerprint density at radius 1 is 0.853 bits per heavy atom. The van der Waals surface area contributed by atoms with Crippen LogP contribution in [0.4, 0.5) is 13.6 Å². The molecule has 0 aliphatic carbocycles. The number of nitrogens with zero attached hydrogens (tertiary/aromatic N) is 1. The maximum Gasteiger partial charge on any atom is 0.325 e. The highest BCUT2D eigenvalue weighted by molar-refractivity contribution is 6.13. The molecule has 1 fully saturated rings. The van der Waals surface area contributed by atoms with Crippen LogP contribution in [0, 0.1) is 11.6 Å². The smallest absolute Gasteiger partial charge is 0.325 e. The van der Waals surface area contributed by atoms with Gasteiger partial charge in [-0.25, -0.2) is 13.6 Å². The molecule has 0 unspecified atom stereocenters. The molecule has 0 bridgehead atoms. The number of hydrogen-bond donors (Lipinski definition) is 1. The van der Waals surface area contributed by atoms with Crippen molar-refractivity contribution in [2.75, 3.05) is 19.8 Å². The van der Waals surface area contributed by atoms with Gasteiger partial charge in [0.2, 0.25) is 0 Å². The standard InChI is InChI=1S/C25H18F2N2O5/c26-18-6-2-16(3-7-18)25(17-4-8-19(27)9-5-17)23(31)29(24(32)28-25)14-20(30)15-1-10-21-22(13-15)34-12-11-33-21/h1-10,13H,11-12,14H2,(H,28,32). The van der Waals surface area contributed by atoms with E-state index in [1.54, 1.807) is 6.07 Å². The minimum absolute atomic E-state index is 0.242. The summed E-state index contributed by atoms with van der Waals surface area (Å²) < 4.78 is 38.1. The van der Waals surface area contributed by atoms with E-state index in [-0.39, 0.29) is 16.7 Å². The van der Waals surface area contributed by atoms with E-state index >= 15 is 0 Å². The summed E-state index contributed by atoms with van der Waals surface area (Å²) >= 11 is 0. The van der Waals surface area contributed by atoms with E-state index in [0.29, 0.717) is 24.7 Å². The Morgan fingerprint density at radius 3 is 2.00 bits per heavy atom. The van der Waals surface area contributed by atoms with Crippen LogP contribution in [0.2, 0.25) is 0 Å². The lowest BCUT2D eigenvalue weighted by atomic mass is 9.82. The van der Waals surface area contributed by atoms with E-state index in [4.69, 9.17) is 9.47 Å². The van der Waals surface area contributed by atoms with Crippen molar-refractivity contribution < 1.29 is 32.6 Å². The van der Waals surface area contributed by atoms with Gasteiger partial charge < -0.3 is 14.8 Å². The van der Waals surface area contributed by atoms with Crippen molar-refractivity contribution in [3.05, 3.63) is 95.1 Å². The van der Waals surface area contributed by atoms with Crippen molar-refractivity contribution in [3.63, 3.8) is 0 Å². The van der Waals surface area contributed by atoms with Crippen LogP contribution < -0.4 is 14.8 Å². The largest absolute Gasteiger partial charge is 0.486 e. The van der Waals surface area contributed by atoms with Crippen LogP contribution >= 0.6 is 0 Å². The fourth-order valence-electron chi connectivity index (χ4n) is 4.13. The number of nitrogens with one attached hydrogen (secondary N) is 1. The first-order chi connectivity index (χ1) is 16.4. The van der Waals surface area contributed by atoms with Gasteiger partial charge >= 0.3 is 6.03 Å². The Morgan fingerprint density at radius 2 is 1.41 bits per heavy atom. The Labute approximate surface area is 192 Å². The van der Waals surface area contributed by atoms with Gasteiger partial charge in [-0.1, -0.05) is 24.3 Å². The number of Topliss-reactive ketones (excluding diaryl/α,β-unsaturated/α-hetero) is 1. The Kier molecular flexibility index (Phi) is 5.24. The Balaban J connectivity index is 1.49. The fraction of sp³-hybridized carbons (Fsp3) is 0.160. The van der Waals surface area contributed by atoms with Crippen molar-refractivity contribution in [3.8, 4) is 11.5 Å². The first-order valence-corrected chi connectivity index (χ1v) is 10.5. The summed E-state index contributed by atoms with van der Waals surface area (Å²) in [5, 5.41) is 2.64. The number of ketones is 1. The number of benzene rings is 3. The molecule has 1 N–H and O–H groups in total. The van der Waals surface area contributed by atoms with Crippen molar-refractivity contribution in [1.29, 1.82) is 0 Å². The zero-order chi connectivity index (χ0) is 23.9. The highest BCUT2D eigenvalue weighted by Crippen LogP contribution is 2.37. The molecule has 34 heavy (non-hydrogen) atoms. The molecule has 7 nitrogen and oxygen atoms in total. The SMILES string of the molecule is O=C(CN1C(=O)NC(c2ccc(F)cc2)(c2ccc(F)cc2)C1=O)c1ccc2c(c1)OCCO2. The predicted octanol–water partition coefficient (Wildman–Crippen LogP) is 3.41. The second-order valence-electron chi connectivity index (χ2n) is 7.87. The summed E-state index contributed by atoms with van der Waals surface area (Å²) in [7, 11) is 0. The zero-order valence-corrected chi connectivity index (χ0v) is 17.7. The van der Waals surface area contributed by atoms with Crippen molar-refractivity contribution >= 4 is 17.7 Å². The van der Waals surface area contributed by atoms with Crippen molar-refractivity contribution in [2.45, 2.75) is 5.54 Å². The number of halogens is 2. The molecule has 0 saturated carbocycles. The average Bonchev–Trinajstić information content (AvgIpc) is 3.10. The summed E-state index contributed by atoms with van der Waals surface area (Å²) in [6.07, 6.45) is 0. The van der Waals surface area contributed by atoms with Crippen molar-refractivity contribution in [1.82, 2.24) is 10.2 Å². The normalized spacial score (nSPS) is 16.4. The van der Waals surface area contributed by atoms with Crippen LogP contribution in [-0.2, 0) is 10.3 Å². The van der Waals surface area contributed by atoms with Gasteiger partial charge in [-0.2, -0.15) is 0 Å². The van der Waals surface area contributed by atoms with E-state index in [0.717, 1.165) is 29.2 Å². The van der Waals surface area contributed by atoms with Gasteiger partial charge in [-0.15, -0.1) is 0 Å². The molecule has 0 atom stereocenters. The second kappa shape index (κ2) is 8.26. The summed E-state index contributed by atoms with van der Waals surface area (Å²) in [6, 6.07) is 13.9. The van der Waals surface area contributed by atoms with Crippen LogP contribution in [-0.4, -0.2) is 42.4 Å². The fourth-order valence-corrected chi connectivity index (χ4v) is 4.13. The molecule has 3 aromatic carbocycles. The number of hydrogen-bond acceptors (Lipinski definition) is 5. The summed E-state index contributed by atoms with van der Waals surface area (Å²) in [5.41, 5.74) is -0.960. The number of rotatable bonds is 5. The maximum atomic E-state index is 13.7. The Hall–Kier alpha value is -4.27. The zero-order valence-electron chi connectivity index (χ0n) is 17.7. The molecule has 5 rings (SSSR count). The van der Waals surface area contributed by atoms with Crippen LogP contribution in [0.1, 0.15) is 21.5 Å². The Bertz CT molecular complexity index is 1250. The first kappa shape index (κ1) is 21.6. The molecule has 0 radical (unpaired) electrons. The lowest BCUT2D eigenvalue weighted by Gasteiger charge is -2.28. The van der Waals surface area contributed by atoms with Gasteiger partial charge in [0.15, 0.2) is 22.8 Å². The van der Waals surface area contributed by atoms with Gasteiger partial charge in [-0.3, -0.25) is 14.5 Å². The van der Waals surface area contributed by atoms with E-state index in [1.807, 2.05) is 0 Å². The van der Waals surface area contributed by atoms with Crippen LogP contribution in [0.15, 0.2) is 66.7 Å².